The van der Waals surface area contributed by atoms with E-state index in [0.717, 1.165) is 16.7 Å². The smallest absolute Gasteiger partial charge is 0.251 e. The van der Waals surface area contributed by atoms with Crippen molar-refractivity contribution < 1.29 is 29.0 Å². The summed E-state index contributed by atoms with van der Waals surface area (Å²) in [6.45, 7) is 0. The fraction of sp³-hybridized carbons (Fsp3) is 0. The van der Waals surface area contributed by atoms with Crippen LogP contribution in [0.15, 0.2) is 83.3 Å². The molecule has 4 aromatic rings. The van der Waals surface area contributed by atoms with Gasteiger partial charge in [-0.25, -0.2) is 0 Å². The third-order valence-electron chi connectivity index (χ3n) is 3.80. The molecule has 0 spiro atoms. The van der Waals surface area contributed by atoms with Gasteiger partial charge in [0.15, 0.2) is 0 Å². The van der Waals surface area contributed by atoms with E-state index in [2.05, 4.69) is 22.3 Å². The Bertz CT molecular complexity index is 966. The maximum Gasteiger partial charge on any atom is 0.251 e. The van der Waals surface area contributed by atoms with Crippen molar-refractivity contribution in [1.82, 2.24) is 10.2 Å². The molecule has 0 bridgehead atoms. The molecule has 118 valence electrons. The van der Waals surface area contributed by atoms with Crippen LogP contribution in [0.4, 0.5) is 0 Å². The Balaban J connectivity index is 0.00000182. The van der Waals surface area contributed by atoms with Crippen molar-refractivity contribution in [3.8, 4) is 39.8 Å². The number of benzene rings is 3. The molecule has 1 N–H and O–H groups in total. The first-order valence-electron chi connectivity index (χ1n) is 7.59. The topological polar surface area (TPSA) is 59.2 Å². The quantitative estimate of drug-likeness (QED) is 0.521. The molecular formula is C20H14N2O2Zn. The van der Waals surface area contributed by atoms with Gasteiger partial charge in [-0.3, -0.25) is 0 Å². The van der Waals surface area contributed by atoms with E-state index < -0.39 is 0 Å². The van der Waals surface area contributed by atoms with Crippen molar-refractivity contribution in [3.05, 3.63) is 78.9 Å². The third-order valence-corrected chi connectivity index (χ3v) is 3.80. The van der Waals surface area contributed by atoms with Crippen LogP contribution in [-0.2, 0) is 19.5 Å². The van der Waals surface area contributed by atoms with E-state index in [9.17, 15) is 5.11 Å². The Morgan fingerprint density at radius 2 is 1.16 bits per heavy atom. The second kappa shape index (κ2) is 7.41. The van der Waals surface area contributed by atoms with E-state index in [1.165, 1.54) is 0 Å². The van der Waals surface area contributed by atoms with Crippen molar-refractivity contribution in [3.63, 3.8) is 0 Å². The van der Waals surface area contributed by atoms with Crippen molar-refractivity contribution in [2.45, 2.75) is 0 Å². The van der Waals surface area contributed by atoms with Crippen LogP contribution < -0.4 is 0 Å². The maximum absolute atomic E-state index is 9.88. The van der Waals surface area contributed by atoms with Crippen molar-refractivity contribution >= 4 is 0 Å². The van der Waals surface area contributed by atoms with Crippen LogP contribution >= 0.6 is 0 Å². The SMILES string of the molecule is Oc1ccccc1-c1nnc(-c2ccc(-c3ccccc3)cc2)o1.[Zn]. The first-order valence-corrected chi connectivity index (χ1v) is 7.59. The van der Waals surface area contributed by atoms with Gasteiger partial charge in [-0.2, -0.15) is 0 Å². The summed E-state index contributed by atoms with van der Waals surface area (Å²) >= 11 is 0. The van der Waals surface area contributed by atoms with Gasteiger partial charge in [-0.05, 0) is 35.4 Å². The molecule has 1 heterocycles. The monoisotopic (exact) mass is 378 g/mol. The fourth-order valence-electron chi connectivity index (χ4n) is 2.54. The number of para-hydroxylation sites is 1. The molecule has 4 nitrogen and oxygen atoms in total. The minimum absolute atomic E-state index is 0. The Kier molecular flexibility index (Phi) is 5.06. The normalized spacial score (nSPS) is 10.2. The van der Waals surface area contributed by atoms with E-state index >= 15 is 0 Å². The van der Waals surface area contributed by atoms with Crippen molar-refractivity contribution in [1.29, 1.82) is 0 Å². The number of hydrogen-bond donors (Lipinski definition) is 1. The Hall–Kier alpha value is -2.78. The molecule has 0 unspecified atom stereocenters. The zero-order chi connectivity index (χ0) is 16.4. The fourth-order valence-corrected chi connectivity index (χ4v) is 2.54. The van der Waals surface area contributed by atoms with Crippen LogP contribution in [0, 0.1) is 0 Å². The van der Waals surface area contributed by atoms with Gasteiger partial charge in [0.2, 0.25) is 5.89 Å². The number of rotatable bonds is 3. The average Bonchev–Trinajstić information content (AvgIpc) is 3.13. The second-order valence-corrected chi connectivity index (χ2v) is 5.37. The van der Waals surface area contributed by atoms with Crippen LogP contribution in [0.2, 0.25) is 0 Å². The molecule has 0 amide bonds. The molecule has 4 rings (SSSR count). The number of aromatic hydroxyl groups is 1. The van der Waals surface area contributed by atoms with Gasteiger partial charge in [0.25, 0.3) is 5.89 Å². The van der Waals surface area contributed by atoms with E-state index in [1.54, 1.807) is 18.2 Å². The average molecular weight is 380 g/mol. The van der Waals surface area contributed by atoms with Gasteiger partial charge in [-0.15, -0.1) is 10.2 Å². The summed E-state index contributed by atoms with van der Waals surface area (Å²) in [7, 11) is 0. The minimum Gasteiger partial charge on any atom is -0.507 e. The number of nitrogens with zero attached hydrogens (tertiary/aromatic N) is 2. The van der Waals surface area contributed by atoms with E-state index in [0.29, 0.717) is 17.3 Å². The molecule has 0 radical (unpaired) electrons. The first kappa shape index (κ1) is 17.1. The molecule has 0 fully saturated rings. The summed E-state index contributed by atoms with van der Waals surface area (Å²) in [6, 6.07) is 25.0. The molecule has 0 saturated carbocycles. The van der Waals surface area contributed by atoms with Gasteiger partial charge in [0.1, 0.15) is 5.75 Å². The number of phenolic OH excluding ortho intramolecular Hbond substituents is 1. The summed E-state index contributed by atoms with van der Waals surface area (Å²) in [5, 5.41) is 18.0. The van der Waals surface area contributed by atoms with E-state index in [4.69, 9.17) is 4.42 Å². The molecule has 1 aromatic heterocycles. The standard InChI is InChI=1S/C20H14N2O2.Zn/c23-18-9-5-4-8-17(18)20-22-21-19(24-20)16-12-10-15(11-13-16)14-6-2-1-3-7-14;/h1-13,23H;. The molecule has 0 aliphatic rings. The first-order chi connectivity index (χ1) is 11.8. The Labute approximate surface area is 157 Å². The minimum atomic E-state index is 0. The number of aromatic nitrogens is 2. The second-order valence-electron chi connectivity index (χ2n) is 5.37. The van der Waals surface area contributed by atoms with Crippen LogP contribution in [0.25, 0.3) is 34.0 Å². The number of hydrogen-bond acceptors (Lipinski definition) is 4. The van der Waals surface area contributed by atoms with Crippen molar-refractivity contribution in [2.24, 2.45) is 0 Å². The third kappa shape index (κ3) is 3.52. The molecule has 0 saturated heterocycles. The van der Waals surface area contributed by atoms with Crippen molar-refractivity contribution in [2.75, 3.05) is 0 Å². The Morgan fingerprint density at radius 3 is 1.88 bits per heavy atom. The van der Waals surface area contributed by atoms with Crippen LogP contribution in [0.5, 0.6) is 5.75 Å². The zero-order valence-electron chi connectivity index (χ0n) is 13.5. The van der Waals surface area contributed by atoms with Gasteiger partial charge in [0, 0.05) is 25.0 Å². The zero-order valence-corrected chi connectivity index (χ0v) is 16.4. The van der Waals surface area contributed by atoms with Gasteiger partial charge in [-0.1, -0.05) is 54.6 Å². The van der Waals surface area contributed by atoms with E-state index in [-0.39, 0.29) is 25.2 Å². The molecule has 0 aliphatic carbocycles. The summed E-state index contributed by atoms with van der Waals surface area (Å²) < 4.78 is 5.70. The predicted octanol–water partition coefficient (Wildman–Crippen LogP) is 4.77. The summed E-state index contributed by atoms with van der Waals surface area (Å²) in [5.74, 6) is 0.843. The number of phenols is 1. The summed E-state index contributed by atoms with van der Waals surface area (Å²) in [4.78, 5) is 0. The van der Waals surface area contributed by atoms with Gasteiger partial charge >= 0.3 is 0 Å². The molecule has 3 aromatic carbocycles. The summed E-state index contributed by atoms with van der Waals surface area (Å²) in [6.07, 6.45) is 0. The maximum atomic E-state index is 9.88. The molecule has 25 heavy (non-hydrogen) atoms. The molecule has 5 heteroatoms. The predicted molar refractivity (Wildman–Crippen MR) is 92.3 cm³/mol. The van der Waals surface area contributed by atoms with E-state index in [1.807, 2.05) is 48.5 Å². The van der Waals surface area contributed by atoms with Gasteiger partial charge in [0.05, 0.1) is 5.56 Å². The van der Waals surface area contributed by atoms with Crippen LogP contribution in [0.3, 0.4) is 0 Å². The molecular weight excluding hydrogens is 366 g/mol. The van der Waals surface area contributed by atoms with Crippen LogP contribution in [0.1, 0.15) is 0 Å². The van der Waals surface area contributed by atoms with Crippen LogP contribution in [-0.4, -0.2) is 15.3 Å². The molecule has 0 atom stereocenters. The summed E-state index contributed by atoms with van der Waals surface area (Å²) in [5.41, 5.74) is 3.64. The largest absolute Gasteiger partial charge is 0.507 e. The molecule has 0 aliphatic heterocycles. The van der Waals surface area contributed by atoms with Gasteiger partial charge < -0.3 is 9.52 Å². The Morgan fingerprint density at radius 1 is 0.600 bits per heavy atom.